The van der Waals surface area contributed by atoms with E-state index in [1.807, 2.05) is 51.1 Å². The summed E-state index contributed by atoms with van der Waals surface area (Å²) in [5.41, 5.74) is 2.65. The van der Waals surface area contributed by atoms with Crippen LogP contribution in [0.2, 0.25) is 0 Å². The summed E-state index contributed by atoms with van der Waals surface area (Å²) < 4.78 is 0. The number of para-hydroxylation sites is 1. The molecule has 1 amide bonds. The number of anilines is 1. The summed E-state index contributed by atoms with van der Waals surface area (Å²) in [6.07, 6.45) is 0. The second kappa shape index (κ2) is 4.53. The van der Waals surface area contributed by atoms with Crippen molar-refractivity contribution in [3.8, 4) is 0 Å². The molecule has 3 heteroatoms. The van der Waals surface area contributed by atoms with Crippen LogP contribution in [0.4, 0.5) is 5.69 Å². The highest BCUT2D eigenvalue weighted by Gasteiger charge is 2.10. The van der Waals surface area contributed by atoms with Gasteiger partial charge in [0.1, 0.15) is 0 Å². The highest BCUT2D eigenvalue weighted by molar-refractivity contribution is 6.01. The number of pyridine rings is 1. The molecule has 0 atom stereocenters. The average molecular weight is 228 g/mol. The Hall–Kier alpha value is -1.90. The molecule has 0 spiro atoms. The van der Waals surface area contributed by atoms with Gasteiger partial charge in [-0.05, 0) is 19.1 Å². The van der Waals surface area contributed by atoms with Crippen LogP contribution < -0.4 is 5.32 Å². The van der Waals surface area contributed by atoms with Crippen LogP contribution in [0.1, 0.15) is 19.5 Å². The van der Waals surface area contributed by atoms with Crippen molar-refractivity contribution in [2.75, 3.05) is 5.32 Å². The minimum absolute atomic E-state index is 0.0257. The quantitative estimate of drug-likeness (QED) is 0.858. The smallest absolute Gasteiger partial charge is 0.226 e. The fraction of sp³-hybridized carbons (Fsp3) is 0.286. The van der Waals surface area contributed by atoms with Gasteiger partial charge in [0, 0.05) is 17.0 Å². The maximum atomic E-state index is 11.7. The van der Waals surface area contributed by atoms with E-state index >= 15 is 0 Å². The third-order valence-electron chi connectivity index (χ3n) is 2.63. The van der Waals surface area contributed by atoms with E-state index in [0.717, 1.165) is 22.3 Å². The number of rotatable bonds is 2. The molecule has 0 saturated heterocycles. The van der Waals surface area contributed by atoms with Crippen LogP contribution in [0.15, 0.2) is 30.3 Å². The lowest BCUT2D eigenvalue weighted by Crippen LogP contribution is -2.18. The first-order valence-electron chi connectivity index (χ1n) is 5.75. The molecule has 3 nitrogen and oxygen atoms in total. The van der Waals surface area contributed by atoms with Gasteiger partial charge in [0.05, 0.1) is 11.2 Å². The Morgan fingerprint density at radius 3 is 2.71 bits per heavy atom. The molecule has 0 aliphatic carbocycles. The molecule has 1 heterocycles. The third-order valence-corrected chi connectivity index (χ3v) is 2.63. The van der Waals surface area contributed by atoms with Gasteiger partial charge in [0.15, 0.2) is 0 Å². The molecular weight excluding hydrogens is 212 g/mol. The second-order valence-corrected chi connectivity index (χ2v) is 4.47. The SMILES string of the molecule is Cc1cc(NC(=O)C(C)C)c2ccccc2n1. The summed E-state index contributed by atoms with van der Waals surface area (Å²) in [6, 6.07) is 9.72. The van der Waals surface area contributed by atoms with E-state index in [4.69, 9.17) is 0 Å². The first-order chi connectivity index (χ1) is 8.08. The molecule has 1 aromatic carbocycles. The van der Waals surface area contributed by atoms with E-state index < -0.39 is 0 Å². The van der Waals surface area contributed by atoms with Crippen LogP contribution in [0, 0.1) is 12.8 Å². The summed E-state index contributed by atoms with van der Waals surface area (Å²) >= 11 is 0. The van der Waals surface area contributed by atoms with Gasteiger partial charge in [-0.1, -0.05) is 32.0 Å². The van der Waals surface area contributed by atoms with Crippen LogP contribution in [-0.4, -0.2) is 10.9 Å². The number of nitrogens with zero attached hydrogens (tertiary/aromatic N) is 1. The lowest BCUT2D eigenvalue weighted by Gasteiger charge is -2.11. The maximum absolute atomic E-state index is 11.7. The molecule has 17 heavy (non-hydrogen) atoms. The molecule has 0 saturated carbocycles. The van der Waals surface area contributed by atoms with Crippen molar-refractivity contribution in [1.82, 2.24) is 4.98 Å². The predicted molar refractivity (Wildman–Crippen MR) is 69.9 cm³/mol. The molecule has 0 aliphatic rings. The van der Waals surface area contributed by atoms with E-state index in [0.29, 0.717) is 0 Å². The Morgan fingerprint density at radius 1 is 1.29 bits per heavy atom. The summed E-state index contributed by atoms with van der Waals surface area (Å²) in [5, 5.41) is 3.93. The zero-order chi connectivity index (χ0) is 12.4. The Balaban J connectivity index is 2.49. The second-order valence-electron chi connectivity index (χ2n) is 4.47. The van der Waals surface area contributed by atoms with Crippen molar-refractivity contribution in [2.24, 2.45) is 5.92 Å². The van der Waals surface area contributed by atoms with E-state index in [9.17, 15) is 4.79 Å². The van der Waals surface area contributed by atoms with Gasteiger partial charge >= 0.3 is 0 Å². The van der Waals surface area contributed by atoms with Gasteiger partial charge in [0.25, 0.3) is 0 Å². The van der Waals surface area contributed by atoms with Gasteiger partial charge in [-0.25, -0.2) is 0 Å². The Morgan fingerprint density at radius 2 is 2.00 bits per heavy atom. The minimum Gasteiger partial charge on any atom is -0.325 e. The lowest BCUT2D eigenvalue weighted by atomic mass is 10.1. The third kappa shape index (κ3) is 2.44. The van der Waals surface area contributed by atoms with Crippen molar-refractivity contribution in [2.45, 2.75) is 20.8 Å². The molecule has 0 radical (unpaired) electrons. The molecule has 2 aromatic rings. The molecule has 0 aliphatic heterocycles. The Kier molecular flexibility index (Phi) is 3.09. The van der Waals surface area contributed by atoms with Crippen LogP contribution in [0.5, 0.6) is 0 Å². The monoisotopic (exact) mass is 228 g/mol. The number of fused-ring (bicyclic) bond motifs is 1. The number of carbonyl (C=O) groups excluding carboxylic acids is 1. The number of amides is 1. The molecule has 1 aromatic heterocycles. The van der Waals surface area contributed by atoms with Crippen molar-refractivity contribution in [3.05, 3.63) is 36.0 Å². The van der Waals surface area contributed by atoms with Gasteiger partial charge in [-0.2, -0.15) is 0 Å². The van der Waals surface area contributed by atoms with Crippen LogP contribution >= 0.6 is 0 Å². The zero-order valence-corrected chi connectivity index (χ0v) is 10.3. The normalized spacial score (nSPS) is 10.8. The molecular formula is C14H16N2O. The summed E-state index contributed by atoms with van der Waals surface area (Å²) in [4.78, 5) is 16.2. The molecule has 88 valence electrons. The number of aromatic nitrogens is 1. The largest absolute Gasteiger partial charge is 0.325 e. The van der Waals surface area contributed by atoms with Crippen molar-refractivity contribution in [3.63, 3.8) is 0 Å². The molecule has 1 N–H and O–H groups in total. The van der Waals surface area contributed by atoms with Crippen LogP contribution in [0.3, 0.4) is 0 Å². The van der Waals surface area contributed by atoms with Gasteiger partial charge in [-0.15, -0.1) is 0 Å². The van der Waals surface area contributed by atoms with E-state index in [-0.39, 0.29) is 11.8 Å². The first-order valence-corrected chi connectivity index (χ1v) is 5.75. The van der Waals surface area contributed by atoms with Gasteiger partial charge in [-0.3, -0.25) is 9.78 Å². The molecule has 0 unspecified atom stereocenters. The number of nitrogens with one attached hydrogen (secondary N) is 1. The Bertz CT molecular complexity index is 561. The fourth-order valence-electron chi connectivity index (χ4n) is 1.69. The van der Waals surface area contributed by atoms with Gasteiger partial charge in [0.2, 0.25) is 5.91 Å². The Labute approximate surface area is 101 Å². The molecule has 0 fully saturated rings. The van der Waals surface area contributed by atoms with Crippen LogP contribution in [0.25, 0.3) is 10.9 Å². The number of benzene rings is 1. The fourth-order valence-corrected chi connectivity index (χ4v) is 1.69. The van der Waals surface area contributed by atoms with Crippen LogP contribution in [-0.2, 0) is 4.79 Å². The zero-order valence-electron chi connectivity index (χ0n) is 10.3. The predicted octanol–water partition coefficient (Wildman–Crippen LogP) is 3.14. The highest BCUT2D eigenvalue weighted by atomic mass is 16.1. The summed E-state index contributed by atoms with van der Waals surface area (Å²) in [6.45, 7) is 5.69. The van der Waals surface area contributed by atoms with Crippen molar-refractivity contribution < 1.29 is 4.79 Å². The minimum atomic E-state index is -0.0257. The number of hydrogen-bond donors (Lipinski definition) is 1. The number of carbonyl (C=O) groups is 1. The van der Waals surface area contributed by atoms with Gasteiger partial charge < -0.3 is 5.32 Å². The highest BCUT2D eigenvalue weighted by Crippen LogP contribution is 2.23. The average Bonchev–Trinajstić information content (AvgIpc) is 2.28. The number of aryl methyl sites for hydroxylation is 1. The van der Waals surface area contributed by atoms with E-state index in [1.165, 1.54) is 0 Å². The summed E-state index contributed by atoms with van der Waals surface area (Å²) in [7, 11) is 0. The standard InChI is InChI=1S/C14H16N2O/c1-9(2)14(17)16-13-8-10(3)15-12-7-5-4-6-11(12)13/h4-9H,1-3H3,(H,15,16,17). The number of hydrogen-bond acceptors (Lipinski definition) is 2. The summed E-state index contributed by atoms with van der Waals surface area (Å²) in [5.74, 6) is 0.00277. The first kappa shape index (κ1) is 11.6. The molecule has 0 bridgehead atoms. The van der Waals surface area contributed by atoms with Crippen molar-refractivity contribution >= 4 is 22.5 Å². The van der Waals surface area contributed by atoms with E-state index in [1.54, 1.807) is 0 Å². The maximum Gasteiger partial charge on any atom is 0.226 e. The van der Waals surface area contributed by atoms with Crippen molar-refractivity contribution in [1.29, 1.82) is 0 Å². The lowest BCUT2D eigenvalue weighted by molar-refractivity contribution is -0.118. The topological polar surface area (TPSA) is 42.0 Å². The van der Waals surface area contributed by atoms with E-state index in [2.05, 4.69) is 10.3 Å². The molecule has 2 rings (SSSR count).